The van der Waals surface area contributed by atoms with Crippen molar-refractivity contribution in [3.8, 4) is 0 Å². The van der Waals surface area contributed by atoms with Crippen LogP contribution in [0, 0.1) is 5.92 Å². The van der Waals surface area contributed by atoms with Crippen LogP contribution in [-0.4, -0.2) is 116 Å². The van der Waals surface area contributed by atoms with Crippen LogP contribution < -0.4 is 0 Å². The normalized spacial score (nSPS) is 7.77. The molecule has 0 fully saturated rings. The van der Waals surface area contributed by atoms with Crippen molar-refractivity contribution in [3.63, 3.8) is 0 Å². The third-order valence-corrected chi connectivity index (χ3v) is 7.47. The molecule has 0 saturated carbocycles. The van der Waals surface area contributed by atoms with Crippen LogP contribution in [0.5, 0.6) is 0 Å². The zero-order valence-electron chi connectivity index (χ0n) is 40.2. The van der Waals surface area contributed by atoms with E-state index in [1.807, 2.05) is 0 Å². The number of carbonyl (C=O) groups excluding carboxylic acids is 6. The average Bonchev–Trinajstić information content (AvgIpc) is 3.34. The van der Waals surface area contributed by atoms with E-state index >= 15 is 0 Å². The average molecular weight is 935 g/mol. The molecule has 12 heteroatoms. The Hall–Kier alpha value is -10.9. The summed E-state index contributed by atoms with van der Waals surface area (Å²) >= 11 is 0. The summed E-state index contributed by atoms with van der Waals surface area (Å²) in [5.74, 6) is -3.34. The fraction of sp³-hybridized carbons (Fsp3) is 0.288. The molecule has 0 heterocycles. The molecule has 0 aliphatic heterocycles. The topological polar surface area (TPSA) is 134 Å². The molecular formula is C59H42N4O8. The summed E-state index contributed by atoms with van der Waals surface area (Å²) < 4.78 is 10.3. The minimum Gasteiger partial charge on any atom is -0.465 e. The van der Waals surface area contributed by atoms with Gasteiger partial charge in [0.1, 0.15) is 19.3 Å². The van der Waals surface area contributed by atoms with Gasteiger partial charge in [0.2, 0.25) is 23.6 Å². The second-order valence-electron chi connectivity index (χ2n) is 13.4. The van der Waals surface area contributed by atoms with Crippen LogP contribution in [0.3, 0.4) is 0 Å². The standard InChI is InChI=1S/C59H42N4O8/c1-9-10-11-12-13-14-15-16-17-18-19-20-21-22-23-24-25-26-27-28-29-30-31-32-33-34-35-36-37-38-39-40-41-42-47-62(48-43-56(66)70-50-45-54(64)60(5)6)59(69)53(4)63(58(68)52(2)3)49-44-57(67)71-51-46-55(65)61(7)8/h47,52-53H,1,43-46,48-51H2,2-8H3. The fourth-order valence-electron chi connectivity index (χ4n) is 4.09. The van der Waals surface area contributed by atoms with E-state index in [0.717, 1.165) is 4.90 Å². The molecule has 0 spiro atoms. The highest BCUT2D eigenvalue weighted by atomic mass is 16.5. The molecule has 1 atom stereocenters. The molecule has 12 nitrogen and oxygen atoms in total. The Morgan fingerprint density at radius 2 is 0.718 bits per heavy atom. The van der Waals surface area contributed by atoms with Gasteiger partial charge in [0, 0.05) is 139 Å². The second-order valence-corrected chi connectivity index (χ2v) is 13.4. The fourth-order valence-corrected chi connectivity index (χ4v) is 4.09. The lowest BCUT2D eigenvalue weighted by atomic mass is 10.1. The first-order valence-electron chi connectivity index (χ1n) is 20.7. The number of amides is 4. The van der Waals surface area contributed by atoms with Crippen LogP contribution >= 0.6 is 0 Å². The molecule has 0 aliphatic rings. The number of carbonyl (C=O) groups is 6. The number of nitrogens with zero attached hydrogens (tertiary/aromatic N) is 4. The lowest BCUT2D eigenvalue weighted by Crippen LogP contribution is -2.50. The SMILES string of the molecule is C=C=C=C=C=C=C=C=C=C=C=C=C=C=C=C=C=C=C=C=C=C=C=C=C=C=C=C=C=C=C=C=C=C=C=CN(CCC(=O)OCCC(=O)N(C)C)C(=O)C(C)N(CCC(=O)OCCC(=O)N(C)C)C(=O)C(C)C. The number of esters is 2. The van der Waals surface area contributed by atoms with Crippen LogP contribution in [0.2, 0.25) is 0 Å². The molecule has 346 valence electrons. The van der Waals surface area contributed by atoms with E-state index in [9.17, 15) is 28.8 Å². The Balaban J connectivity index is 6.60. The van der Waals surface area contributed by atoms with Gasteiger partial charge in [-0.2, -0.15) is 0 Å². The predicted molar refractivity (Wildman–Crippen MR) is 255 cm³/mol. The van der Waals surface area contributed by atoms with Gasteiger partial charge in [-0.1, -0.05) is 19.6 Å². The Labute approximate surface area is 412 Å². The van der Waals surface area contributed by atoms with E-state index in [0.29, 0.717) is 0 Å². The van der Waals surface area contributed by atoms with Crippen molar-refractivity contribution in [2.45, 2.75) is 52.5 Å². The molecule has 1 unspecified atom stereocenters. The maximum Gasteiger partial charge on any atom is 0.307 e. The number of hydrogen-bond acceptors (Lipinski definition) is 8. The lowest BCUT2D eigenvalue weighted by Gasteiger charge is -2.32. The van der Waals surface area contributed by atoms with Gasteiger partial charge in [-0.3, -0.25) is 28.8 Å². The summed E-state index contributed by atoms with van der Waals surface area (Å²) in [5, 5.41) is 0. The van der Waals surface area contributed by atoms with Crippen molar-refractivity contribution in [2.24, 2.45) is 5.92 Å². The quantitative estimate of drug-likeness (QED) is 0.138. The third kappa shape index (κ3) is 34.1. The summed E-state index contributed by atoms with van der Waals surface area (Å²) in [4.78, 5) is 80.8. The van der Waals surface area contributed by atoms with Gasteiger partial charge in [-0.05, 0) is 111 Å². The summed E-state index contributed by atoms with van der Waals surface area (Å²) in [6, 6.07) is -1.10. The maximum absolute atomic E-state index is 13.8. The van der Waals surface area contributed by atoms with Gasteiger partial charge in [-0.15, -0.1) is 0 Å². The molecule has 0 radical (unpaired) electrons. The van der Waals surface area contributed by atoms with E-state index in [1.165, 1.54) is 27.8 Å². The maximum atomic E-state index is 13.8. The minimum absolute atomic E-state index is 0.00863. The minimum atomic E-state index is -1.10. The van der Waals surface area contributed by atoms with Gasteiger partial charge in [0.05, 0.1) is 31.9 Å². The number of rotatable bonds is 16. The van der Waals surface area contributed by atoms with E-state index in [2.05, 4.69) is 201 Å². The smallest absolute Gasteiger partial charge is 0.307 e. The first-order chi connectivity index (χ1) is 34.2. The van der Waals surface area contributed by atoms with Crippen LogP contribution in [0.4, 0.5) is 0 Å². The molecule has 0 aromatic rings. The molecule has 4 amide bonds. The predicted octanol–water partition coefficient (Wildman–Crippen LogP) is 5.93. The van der Waals surface area contributed by atoms with Gasteiger partial charge in [0.15, 0.2) is 0 Å². The Morgan fingerprint density at radius 1 is 0.423 bits per heavy atom. The molecule has 0 aromatic carbocycles. The van der Waals surface area contributed by atoms with Crippen molar-refractivity contribution >= 4 is 35.6 Å². The van der Waals surface area contributed by atoms with E-state index in [4.69, 9.17) is 9.47 Å². The largest absolute Gasteiger partial charge is 0.465 e. The van der Waals surface area contributed by atoms with Crippen molar-refractivity contribution in [2.75, 3.05) is 54.5 Å². The van der Waals surface area contributed by atoms with Crippen molar-refractivity contribution in [1.82, 2.24) is 19.6 Å². The summed E-state index contributed by atoms with van der Waals surface area (Å²) in [6.45, 7) is 7.45. The van der Waals surface area contributed by atoms with E-state index in [-0.39, 0.29) is 63.8 Å². The van der Waals surface area contributed by atoms with Crippen LogP contribution in [0.1, 0.15) is 46.5 Å². The van der Waals surface area contributed by atoms with E-state index < -0.39 is 35.7 Å². The Bertz CT molecular complexity index is 3490. The lowest BCUT2D eigenvalue weighted by molar-refractivity contribution is -0.151. The monoisotopic (exact) mass is 934 g/mol. The van der Waals surface area contributed by atoms with Gasteiger partial charge in [0.25, 0.3) is 0 Å². The van der Waals surface area contributed by atoms with Gasteiger partial charge >= 0.3 is 11.9 Å². The first kappa shape index (κ1) is 60.1. The zero-order chi connectivity index (χ0) is 52.7. The molecule has 0 N–H and O–H groups in total. The Morgan fingerprint density at radius 3 is 1.01 bits per heavy atom. The summed E-state index contributed by atoms with van der Waals surface area (Å²) in [5.41, 5.74) is 84.5. The van der Waals surface area contributed by atoms with Crippen molar-refractivity contribution < 1.29 is 38.2 Å². The highest BCUT2D eigenvalue weighted by Gasteiger charge is 2.31. The summed E-state index contributed by atoms with van der Waals surface area (Å²) in [6.07, 6.45) is 0.666. The van der Waals surface area contributed by atoms with E-state index in [1.54, 1.807) is 42.0 Å². The van der Waals surface area contributed by atoms with Crippen LogP contribution in [0.25, 0.3) is 0 Å². The highest BCUT2D eigenvalue weighted by Crippen LogP contribution is 2.12. The van der Waals surface area contributed by atoms with Crippen molar-refractivity contribution in [3.05, 3.63) is 208 Å². The molecule has 0 bridgehead atoms. The zero-order valence-corrected chi connectivity index (χ0v) is 40.2. The Kier molecular flexibility index (Phi) is 34.3. The summed E-state index contributed by atoms with van der Waals surface area (Å²) in [7, 11) is 6.31. The van der Waals surface area contributed by atoms with Crippen LogP contribution in [0.15, 0.2) is 208 Å². The van der Waals surface area contributed by atoms with Gasteiger partial charge in [-0.25, -0.2) is 0 Å². The molecule has 0 rings (SSSR count). The van der Waals surface area contributed by atoms with Crippen molar-refractivity contribution in [1.29, 1.82) is 0 Å². The molecule has 0 saturated heterocycles. The number of hydrogen-bond donors (Lipinski definition) is 0. The highest BCUT2D eigenvalue weighted by molar-refractivity contribution is 5.89. The van der Waals surface area contributed by atoms with Gasteiger partial charge < -0.3 is 29.1 Å². The van der Waals surface area contributed by atoms with Crippen LogP contribution in [-0.2, 0) is 38.2 Å². The third-order valence-electron chi connectivity index (χ3n) is 7.47. The number of ether oxygens (including phenoxy) is 2. The first-order valence-corrected chi connectivity index (χ1v) is 20.7. The molecular weight excluding hydrogens is 893 g/mol. The molecule has 0 aliphatic carbocycles. The molecule has 0 aromatic heterocycles. The molecule has 71 heavy (non-hydrogen) atoms. The second kappa shape index (κ2) is 40.6.